The average molecular weight is 144 g/mol. The predicted molar refractivity (Wildman–Crippen MR) is 33.5 cm³/mol. The molecule has 0 aromatic heterocycles. The Kier molecular flexibility index (Phi) is 1.98. The van der Waals surface area contributed by atoms with Gasteiger partial charge in [-0.1, -0.05) is 0 Å². The first-order valence-electron chi connectivity index (χ1n) is 2.88. The van der Waals surface area contributed by atoms with Gasteiger partial charge < -0.3 is 15.0 Å². The molecule has 0 aromatic rings. The zero-order valence-electron chi connectivity index (χ0n) is 5.53. The molecule has 0 amide bonds. The summed E-state index contributed by atoms with van der Waals surface area (Å²) in [5.74, 6) is -0.442. The molecule has 0 saturated carbocycles. The first-order chi connectivity index (χ1) is 4.74. The molecular weight excluding hydrogens is 136 g/mol. The third-order valence-electron chi connectivity index (χ3n) is 1.27. The van der Waals surface area contributed by atoms with Crippen LogP contribution in [0.5, 0.6) is 0 Å². The van der Waals surface area contributed by atoms with Gasteiger partial charge in [-0.2, -0.15) is 0 Å². The number of aliphatic imine (C=N–C) groups is 1. The Morgan fingerprint density at radius 2 is 2.70 bits per heavy atom. The van der Waals surface area contributed by atoms with Crippen molar-refractivity contribution < 1.29 is 14.6 Å². The third-order valence-corrected chi connectivity index (χ3v) is 1.27. The minimum Gasteiger partial charge on any atom is -0.628 e. The Bertz CT molecular complexity index is 168. The van der Waals surface area contributed by atoms with Gasteiger partial charge in [0.05, 0.1) is 7.11 Å². The van der Waals surface area contributed by atoms with Crippen molar-refractivity contribution in [3.05, 3.63) is 5.21 Å². The zero-order valence-corrected chi connectivity index (χ0v) is 5.53. The maximum Gasteiger partial charge on any atom is 0.336 e. The molecule has 0 aliphatic carbocycles. The number of quaternary nitrogens is 1. The van der Waals surface area contributed by atoms with E-state index in [1.807, 2.05) is 0 Å². The normalized spacial score (nSPS) is 30.6. The quantitative estimate of drug-likeness (QED) is 0.340. The van der Waals surface area contributed by atoms with Crippen molar-refractivity contribution >= 4 is 12.3 Å². The van der Waals surface area contributed by atoms with Crippen LogP contribution >= 0.6 is 0 Å². The van der Waals surface area contributed by atoms with Crippen LogP contribution < -0.4 is 5.06 Å². The molecule has 2 unspecified atom stereocenters. The molecular formula is C5H8N2O3. The van der Waals surface area contributed by atoms with Crippen molar-refractivity contribution in [1.29, 1.82) is 0 Å². The van der Waals surface area contributed by atoms with Crippen LogP contribution in [-0.2, 0) is 9.53 Å². The van der Waals surface area contributed by atoms with Gasteiger partial charge in [-0.25, -0.2) is 9.79 Å². The maximum absolute atomic E-state index is 10.7. The molecule has 1 heterocycles. The summed E-state index contributed by atoms with van der Waals surface area (Å²) in [7, 11) is 1.28. The zero-order chi connectivity index (χ0) is 7.56. The second-order valence-corrected chi connectivity index (χ2v) is 1.99. The largest absolute Gasteiger partial charge is 0.628 e. The van der Waals surface area contributed by atoms with E-state index in [0.717, 1.165) is 0 Å². The Balaban J connectivity index is 2.46. The van der Waals surface area contributed by atoms with E-state index >= 15 is 0 Å². The Hall–Kier alpha value is -0.940. The van der Waals surface area contributed by atoms with Crippen molar-refractivity contribution in [2.24, 2.45) is 4.99 Å². The van der Waals surface area contributed by atoms with Crippen LogP contribution in [0.3, 0.4) is 0 Å². The van der Waals surface area contributed by atoms with Gasteiger partial charge in [0.25, 0.3) is 0 Å². The molecule has 0 fully saturated rings. The monoisotopic (exact) mass is 144 g/mol. The highest BCUT2D eigenvalue weighted by molar-refractivity contribution is 5.78. The summed E-state index contributed by atoms with van der Waals surface area (Å²) in [6.45, 7) is 0.159. The smallest absolute Gasteiger partial charge is 0.336 e. The molecule has 0 radical (unpaired) electrons. The number of rotatable bonds is 1. The van der Waals surface area contributed by atoms with E-state index in [-0.39, 0.29) is 11.6 Å². The number of nitrogens with zero attached hydrogens (tertiary/aromatic N) is 1. The summed E-state index contributed by atoms with van der Waals surface area (Å²) in [4.78, 5) is 14.3. The SMILES string of the molecule is COC(=O)C1C[NH+]([O-])C=N1. The maximum atomic E-state index is 10.7. The van der Waals surface area contributed by atoms with Crippen LogP contribution in [0.25, 0.3) is 0 Å². The number of carbonyl (C=O) groups excluding carboxylic acids is 1. The van der Waals surface area contributed by atoms with E-state index in [9.17, 15) is 10.0 Å². The molecule has 0 bridgehead atoms. The predicted octanol–water partition coefficient (Wildman–Crippen LogP) is -2.05. The standard InChI is InChI=1S/C5H8N2O3/c1-10-5(8)4-2-7(9)3-6-4/h3-4,7H,2H2,1H3. The molecule has 1 rings (SSSR count). The first-order valence-corrected chi connectivity index (χ1v) is 2.88. The van der Waals surface area contributed by atoms with Crippen molar-refractivity contribution in [3.63, 3.8) is 0 Å². The molecule has 1 aliphatic rings. The molecule has 10 heavy (non-hydrogen) atoms. The molecule has 0 aromatic carbocycles. The van der Waals surface area contributed by atoms with E-state index in [1.165, 1.54) is 13.4 Å². The van der Waals surface area contributed by atoms with Crippen LogP contribution in [0.2, 0.25) is 0 Å². The van der Waals surface area contributed by atoms with Crippen LogP contribution in [-0.4, -0.2) is 32.0 Å². The number of carbonyl (C=O) groups is 1. The number of methoxy groups -OCH3 is 1. The van der Waals surface area contributed by atoms with Crippen molar-refractivity contribution in [2.75, 3.05) is 13.7 Å². The summed E-state index contributed by atoms with van der Waals surface area (Å²) in [5.41, 5.74) is 0. The molecule has 5 heteroatoms. The summed E-state index contributed by atoms with van der Waals surface area (Å²) in [5, 5.41) is 10.4. The number of hydroxylamine groups is 2. The second kappa shape index (κ2) is 2.76. The molecule has 5 nitrogen and oxygen atoms in total. The summed E-state index contributed by atoms with van der Waals surface area (Å²) < 4.78 is 4.38. The highest BCUT2D eigenvalue weighted by atomic mass is 16.5. The number of hydrogen-bond acceptors (Lipinski definition) is 4. The second-order valence-electron chi connectivity index (χ2n) is 1.99. The topological polar surface area (TPSA) is 66.2 Å². The van der Waals surface area contributed by atoms with Gasteiger partial charge in [0.15, 0.2) is 6.34 Å². The minimum atomic E-state index is -0.586. The van der Waals surface area contributed by atoms with Crippen molar-refractivity contribution in [3.8, 4) is 0 Å². The highest BCUT2D eigenvalue weighted by Gasteiger charge is 2.25. The fourth-order valence-corrected chi connectivity index (χ4v) is 0.749. The van der Waals surface area contributed by atoms with E-state index in [1.54, 1.807) is 0 Å². The number of nitrogens with one attached hydrogen (secondary N) is 1. The molecule has 56 valence electrons. The first kappa shape index (κ1) is 7.17. The third kappa shape index (κ3) is 1.31. The van der Waals surface area contributed by atoms with Gasteiger partial charge in [-0.15, -0.1) is 0 Å². The Morgan fingerprint density at radius 1 is 2.00 bits per heavy atom. The van der Waals surface area contributed by atoms with Gasteiger partial charge in [-0.05, 0) is 0 Å². The van der Waals surface area contributed by atoms with E-state index in [0.29, 0.717) is 0 Å². The summed E-state index contributed by atoms with van der Waals surface area (Å²) in [6, 6.07) is -0.586. The number of ether oxygens (including phenoxy) is 1. The lowest BCUT2D eigenvalue weighted by atomic mass is 10.3. The van der Waals surface area contributed by atoms with Crippen molar-refractivity contribution in [2.45, 2.75) is 6.04 Å². The van der Waals surface area contributed by atoms with Crippen LogP contribution in [0, 0.1) is 5.21 Å². The fraction of sp³-hybridized carbons (Fsp3) is 0.600. The molecule has 1 aliphatic heterocycles. The van der Waals surface area contributed by atoms with E-state index in [4.69, 9.17) is 0 Å². The fourth-order valence-electron chi connectivity index (χ4n) is 0.749. The van der Waals surface area contributed by atoms with Crippen LogP contribution in [0.4, 0.5) is 0 Å². The van der Waals surface area contributed by atoms with E-state index < -0.39 is 12.0 Å². The van der Waals surface area contributed by atoms with Crippen LogP contribution in [0.1, 0.15) is 0 Å². The summed E-state index contributed by atoms with van der Waals surface area (Å²) >= 11 is 0. The van der Waals surface area contributed by atoms with Gasteiger partial charge in [0.2, 0.25) is 6.04 Å². The molecule has 2 atom stereocenters. The average Bonchev–Trinajstić information content (AvgIpc) is 2.34. The molecule has 1 N–H and O–H groups in total. The Labute approximate surface area is 57.9 Å². The lowest BCUT2D eigenvalue weighted by Crippen LogP contribution is -3.05. The lowest BCUT2D eigenvalue weighted by molar-refractivity contribution is -0.733. The Morgan fingerprint density at radius 3 is 3.10 bits per heavy atom. The number of hydrogen-bond donors (Lipinski definition) is 1. The number of esters is 1. The van der Waals surface area contributed by atoms with Gasteiger partial charge in [-0.3, -0.25) is 0 Å². The lowest BCUT2D eigenvalue weighted by Gasteiger charge is -2.10. The molecule has 0 saturated heterocycles. The minimum absolute atomic E-state index is 0.115. The van der Waals surface area contributed by atoms with Gasteiger partial charge in [0, 0.05) is 0 Å². The van der Waals surface area contributed by atoms with E-state index in [2.05, 4.69) is 9.73 Å². The van der Waals surface area contributed by atoms with Gasteiger partial charge in [0.1, 0.15) is 6.54 Å². The van der Waals surface area contributed by atoms with Crippen LogP contribution in [0.15, 0.2) is 4.99 Å². The molecule has 0 spiro atoms. The van der Waals surface area contributed by atoms with Gasteiger partial charge >= 0.3 is 5.97 Å². The summed E-state index contributed by atoms with van der Waals surface area (Å²) in [6.07, 6.45) is 1.17. The highest BCUT2D eigenvalue weighted by Crippen LogP contribution is 1.92. The van der Waals surface area contributed by atoms with Crippen molar-refractivity contribution in [1.82, 2.24) is 0 Å².